The fourth-order valence-electron chi connectivity index (χ4n) is 3.12. The van der Waals surface area contributed by atoms with Crippen molar-refractivity contribution in [2.75, 3.05) is 19.7 Å². The Kier molecular flexibility index (Phi) is 8.92. The van der Waals surface area contributed by atoms with Gasteiger partial charge in [0, 0.05) is 31.6 Å². The molecule has 2 aromatic rings. The van der Waals surface area contributed by atoms with Crippen LogP contribution < -0.4 is 10.6 Å². The number of aliphatic imine (C=N–C) groups is 1. The third-order valence-corrected chi connectivity index (χ3v) is 6.51. The van der Waals surface area contributed by atoms with E-state index >= 15 is 0 Å². The van der Waals surface area contributed by atoms with Crippen LogP contribution in [-0.4, -0.2) is 45.5 Å². The lowest BCUT2D eigenvalue weighted by Crippen LogP contribution is -2.44. The molecule has 2 heterocycles. The number of nitrogens with zero attached hydrogens (tertiary/aromatic N) is 4. The summed E-state index contributed by atoms with van der Waals surface area (Å²) in [7, 11) is 1.96. The summed E-state index contributed by atoms with van der Waals surface area (Å²) in [4.78, 5) is 6.08. The largest absolute Gasteiger partial charge is 0.396 e. The predicted octanol–water partition coefficient (Wildman–Crippen LogP) is 2.65. The van der Waals surface area contributed by atoms with E-state index in [2.05, 4.69) is 52.2 Å². The summed E-state index contributed by atoms with van der Waals surface area (Å²) in [5.41, 5.74) is 0.0757. The first-order chi connectivity index (χ1) is 13.5. The van der Waals surface area contributed by atoms with Gasteiger partial charge in [0.25, 0.3) is 0 Å². The number of aliphatic hydroxyl groups excluding tert-OH is 1. The van der Waals surface area contributed by atoms with Crippen molar-refractivity contribution in [3.05, 3.63) is 34.0 Å². The van der Waals surface area contributed by atoms with Crippen LogP contribution in [0.5, 0.6) is 0 Å². The first-order valence-electron chi connectivity index (χ1n) is 10.0. The quantitative estimate of drug-likeness (QED) is 0.394. The molecule has 0 fully saturated rings. The number of nitrogens with one attached hydrogen (secondary N) is 2. The van der Waals surface area contributed by atoms with Crippen molar-refractivity contribution in [2.24, 2.45) is 17.5 Å². The van der Waals surface area contributed by atoms with Crippen LogP contribution in [-0.2, 0) is 20.0 Å². The van der Waals surface area contributed by atoms with Crippen molar-refractivity contribution < 1.29 is 5.11 Å². The van der Waals surface area contributed by atoms with Gasteiger partial charge in [-0.1, -0.05) is 19.9 Å². The lowest BCUT2D eigenvalue weighted by Gasteiger charge is -2.32. The van der Waals surface area contributed by atoms with Gasteiger partial charge in [-0.05, 0) is 49.5 Å². The van der Waals surface area contributed by atoms with Crippen molar-refractivity contribution >= 4 is 17.3 Å². The third kappa shape index (κ3) is 6.31. The van der Waals surface area contributed by atoms with E-state index in [1.54, 1.807) is 11.3 Å². The molecular formula is C20H34N6OS. The Morgan fingerprint density at radius 3 is 2.64 bits per heavy atom. The second-order valence-corrected chi connectivity index (χ2v) is 8.21. The number of aliphatic hydroxyl groups is 1. The molecule has 7 nitrogen and oxygen atoms in total. The minimum absolute atomic E-state index is 0.0757. The average molecular weight is 407 g/mol. The number of hydrogen-bond donors (Lipinski definition) is 3. The van der Waals surface area contributed by atoms with Crippen molar-refractivity contribution in [1.82, 2.24) is 25.4 Å². The Bertz CT molecular complexity index is 721. The molecule has 0 saturated carbocycles. The molecule has 2 rings (SSSR count). The fourth-order valence-corrected chi connectivity index (χ4v) is 3.83. The summed E-state index contributed by atoms with van der Waals surface area (Å²) >= 11 is 1.77. The summed E-state index contributed by atoms with van der Waals surface area (Å²) in [6, 6.07) is 4.23. The zero-order valence-electron chi connectivity index (χ0n) is 17.5. The topological polar surface area (TPSA) is 87.4 Å². The van der Waals surface area contributed by atoms with E-state index in [0.717, 1.165) is 56.4 Å². The van der Waals surface area contributed by atoms with E-state index in [4.69, 9.17) is 4.99 Å². The molecule has 0 amide bonds. The van der Waals surface area contributed by atoms with E-state index in [9.17, 15) is 5.11 Å². The average Bonchev–Trinajstić information content (AvgIpc) is 3.33. The molecule has 2 aromatic heterocycles. The summed E-state index contributed by atoms with van der Waals surface area (Å²) in [5, 5.41) is 26.8. The number of rotatable bonds is 11. The third-order valence-electron chi connectivity index (χ3n) is 5.58. The molecule has 8 heteroatoms. The van der Waals surface area contributed by atoms with Gasteiger partial charge in [0.15, 0.2) is 11.8 Å². The van der Waals surface area contributed by atoms with Gasteiger partial charge in [0.05, 0.1) is 0 Å². The Morgan fingerprint density at radius 2 is 2.07 bits per heavy atom. The fraction of sp³-hybridized carbons (Fsp3) is 0.650. The summed E-state index contributed by atoms with van der Waals surface area (Å²) < 4.78 is 1.96. The van der Waals surface area contributed by atoms with Crippen LogP contribution in [0.15, 0.2) is 22.5 Å². The number of thiophene rings is 1. The van der Waals surface area contributed by atoms with Gasteiger partial charge >= 0.3 is 0 Å². The molecule has 3 N–H and O–H groups in total. The van der Waals surface area contributed by atoms with Crippen LogP contribution in [0.4, 0.5) is 0 Å². The van der Waals surface area contributed by atoms with Crippen LogP contribution in [0, 0.1) is 12.3 Å². The second-order valence-electron chi connectivity index (χ2n) is 7.18. The second kappa shape index (κ2) is 11.2. The molecule has 28 heavy (non-hydrogen) atoms. The minimum atomic E-state index is 0.0757. The minimum Gasteiger partial charge on any atom is -0.396 e. The highest BCUT2D eigenvalue weighted by Gasteiger charge is 2.25. The molecule has 0 aliphatic carbocycles. The van der Waals surface area contributed by atoms with E-state index in [-0.39, 0.29) is 12.0 Å². The van der Waals surface area contributed by atoms with Crippen LogP contribution in [0.2, 0.25) is 0 Å². The molecule has 0 radical (unpaired) electrons. The molecule has 0 aliphatic rings. The van der Waals surface area contributed by atoms with Gasteiger partial charge in [0.2, 0.25) is 0 Å². The predicted molar refractivity (Wildman–Crippen MR) is 116 cm³/mol. The van der Waals surface area contributed by atoms with E-state index in [0.29, 0.717) is 6.54 Å². The molecule has 0 spiro atoms. The van der Waals surface area contributed by atoms with Crippen LogP contribution in [0.25, 0.3) is 0 Å². The zero-order valence-corrected chi connectivity index (χ0v) is 18.3. The maximum Gasteiger partial charge on any atom is 0.191 e. The van der Waals surface area contributed by atoms with Gasteiger partial charge in [-0.3, -0.25) is 0 Å². The summed E-state index contributed by atoms with van der Waals surface area (Å²) in [6.07, 6.45) is 3.78. The van der Waals surface area contributed by atoms with Crippen LogP contribution in [0.1, 0.15) is 49.6 Å². The van der Waals surface area contributed by atoms with Crippen LogP contribution >= 0.6 is 11.3 Å². The highest BCUT2D eigenvalue weighted by Crippen LogP contribution is 2.29. The Labute approximate surface area is 172 Å². The Balaban J connectivity index is 2.03. The highest BCUT2D eigenvalue weighted by atomic mass is 32.1. The first kappa shape index (κ1) is 22.4. The molecule has 0 bridgehead atoms. The smallest absolute Gasteiger partial charge is 0.191 e. The lowest BCUT2D eigenvalue weighted by atomic mass is 9.79. The molecule has 0 aliphatic heterocycles. The molecular weight excluding hydrogens is 372 g/mol. The molecule has 0 aromatic carbocycles. The molecule has 0 unspecified atom stereocenters. The standard InChI is InChI=1S/C20H34N6OS/c1-5-20(6-2,10-12-27)15-23-19(21-11-9-17-8-7-13-28-17)22-14-18-25-24-16(3)26(18)4/h7-8,13,27H,5-6,9-12,14-15H2,1-4H3,(H2,21,22,23). The SMILES string of the molecule is CCC(CC)(CCO)CNC(=NCc1nnc(C)n1C)NCCc1cccs1. The van der Waals surface area contributed by atoms with Crippen molar-refractivity contribution in [2.45, 2.75) is 53.0 Å². The van der Waals surface area contributed by atoms with Crippen molar-refractivity contribution in [1.29, 1.82) is 0 Å². The maximum atomic E-state index is 9.47. The van der Waals surface area contributed by atoms with Gasteiger partial charge in [-0.15, -0.1) is 21.5 Å². The number of guanidine groups is 1. The summed E-state index contributed by atoms with van der Waals surface area (Å²) in [5.74, 6) is 2.50. The molecule has 156 valence electrons. The number of hydrogen-bond acceptors (Lipinski definition) is 5. The number of aryl methyl sites for hydroxylation is 1. The van der Waals surface area contributed by atoms with E-state index in [1.165, 1.54) is 4.88 Å². The van der Waals surface area contributed by atoms with Crippen molar-refractivity contribution in [3.8, 4) is 0 Å². The van der Waals surface area contributed by atoms with E-state index in [1.807, 2.05) is 18.5 Å². The van der Waals surface area contributed by atoms with Gasteiger partial charge < -0.3 is 20.3 Å². The normalized spacial score (nSPS) is 12.4. The number of aromatic nitrogens is 3. The van der Waals surface area contributed by atoms with Gasteiger partial charge in [-0.2, -0.15) is 0 Å². The van der Waals surface area contributed by atoms with Crippen LogP contribution in [0.3, 0.4) is 0 Å². The van der Waals surface area contributed by atoms with Gasteiger partial charge in [-0.25, -0.2) is 4.99 Å². The zero-order chi connectivity index (χ0) is 20.4. The van der Waals surface area contributed by atoms with E-state index < -0.39 is 0 Å². The summed E-state index contributed by atoms with van der Waals surface area (Å²) in [6.45, 7) is 8.58. The maximum absolute atomic E-state index is 9.47. The Morgan fingerprint density at radius 1 is 1.29 bits per heavy atom. The van der Waals surface area contributed by atoms with Gasteiger partial charge in [0.1, 0.15) is 12.4 Å². The lowest BCUT2D eigenvalue weighted by molar-refractivity contribution is 0.169. The monoisotopic (exact) mass is 406 g/mol. The highest BCUT2D eigenvalue weighted by molar-refractivity contribution is 7.09. The Hall–Kier alpha value is -1.93. The molecule has 0 atom stereocenters. The first-order valence-corrected chi connectivity index (χ1v) is 10.9. The van der Waals surface area contributed by atoms with Crippen molar-refractivity contribution in [3.63, 3.8) is 0 Å². The molecule has 0 saturated heterocycles.